The van der Waals surface area contributed by atoms with Gasteiger partial charge in [-0.2, -0.15) is 0 Å². The lowest BCUT2D eigenvalue weighted by Gasteiger charge is -2.39. The van der Waals surface area contributed by atoms with Crippen molar-refractivity contribution in [2.75, 3.05) is 6.61 Å². The van der Waals surface area contributed by atoms with Gasteiger partial charge in [0.05, 0.1) is 37.4 Å². The molecule has 0 saturated carbocycles. The van der Waals surface area contributed by atoms with Gasteiger partial charge in [0.15, 0.2) is 0 Å². The van der Waals surface area contributed by atoms with Gasteiger partial charge in [-0.15, -0.1) is 0 Å². The van der Waals surface area contributed by atoms with E-state index in [0.29, 0.717) is 19.4 Å². The molecule has 0 unspecified atom stereocenters. The number of nitrogens with one attached hydrogen (secondary N) is 2. The molecule has 0 radical (unpaired) electrons. The standard InChI is InChI=1S/C28H42N2O9/c1-16(7-10-24-27(34)28(15-36-28)14-21(39-24)13-26(33)30-35)6-9-23-17(2)12-22(19(4)38-23)29-25(32)11-8-18(3)37-20(5)31/h6-8,10-11,17-19,21-24,27,34-35H,9,12-15H2,1-5H3,(H,29,32)(H,30,33)/t17-,18-,19+,21+,22+,23-,24+,27+,28+/m0/s1. The van der Waals surface area contributed by atoms with E-state index in [-0.39, 0.29) is 36.5 Å². The van der Waals surface area contributed by atoms with E-state index < -0.39 is 41.9 Å². The third-order valence-electron chi connectivity index (χ3n) is 7.46. The molecule has 3 fully saturated rings. The fraction of sp³-hybridized carbons (Fsp3) is 0.679. The quantitative estimate of drug-likeness (QED) is 0.0796. The van der Waals surface area contributed by atoms with Gasteiger partial charge in [0.1, 0.15) is 23.9 Å². The third-order valence-corrected chi connectivity index (χ3v) is 7.46. The second-order valence-electron chi connectivity index (χ2n) is 10.9. The third kappa shape index (κ3) is 8.97. The van der Waals surface area contributed by atoms with E-state index >= 15 is 0 Å². The number of allylic oxidation sites excluding steroid dienone is 2. The molecule has 3 heterocycles. The molecule has 39 heavy (non-hydrogen) atoms. The maximum absolute atomic E-state index is 12.3. The summed E-state index contributed by atoms with van der Waals surface area (Å²) >= 11 is 0. The molecule has 0 aromatic heterocycles. The molecule has 3 aliphatic rings. The largest absolute Gasteiger partial charge is 0.459 e. The summed E-state index contributed by atoms with van der Waals surface area (Å²) in [5.41, 5.74) is 1.89. The average Bonchev–Trinajstić information content (AvgIpc) is 3.64. The van der Waals surface area contributed by atoms with Crippen LogP contribution < -0.4 is 10.8 Å². The summed E-state index contributed by atoms with van der Waals surface area (Å²) in [4.78, 5) is 34.9. The van der Waals surface area contributed by atoms with Gasteiger partial charge in [-0.05, 0) is 45.6 Å². The molecule has 4 N–H and O–H groups in total. The number of carbonyl (C=O) groups is 3. The number of ether oxygens (including phenoxy) is 4. The number of carbonyl (C=O) groups excluding carboxylic acids is 3. The Labute approximate surface area is 229 Å². The average molecular weight is 551 g/mol. The fourth-order valence-electron chi connectivity index (χ4n) is 5.14. The van der Waals surface area contributed by atoms with Gasteiger partial charge in [0, 0.05) is 19.4 Å². The van der Waals surface area contributed by atoms with Crippen molar-refractivity contribution in [2.45, 2.75) is 109 Å². The van der Waals surface area contributed by atoms with Crippen molar-refractivity contribution < 1.29 is 43.6 Å². The number of epoxide rings is 1. The lowest BCUT2D eigenvalue weighted by atomic mass is 9.87. The van der Waals surface area contributed by atoms with Gasteiger partial charge in [-0.3, -0.25) is 19.6 Å². The molecule has 11 heteroatoms. The van der Waals surface area contributed by atoms with Crippen LogP contribution in [0.5, 0.6) is 0 Å². The Bertz CT molecular complexity index is 974. The fourth-order valence-corrected chi connectivity index (χ4v) is 5.14. The van der Waals surface area contributed by atoms with Gasteiger partial charge < -0.3 is 29.4 Å². The summed E-state index contributed by atoms with van der Waals surface area (Å²) < 4.78 is 22.7. The van der Waals surface area contributed by atoms with Crippen LogP contribution in [0.3, 0.4) is 0 Å². The number of hydrogen-bond acceptors (Lipinski definition) is 9. The molecule has 2 amide bonds. The maximum atomic E-state index is 12.3. The van der Waals surface area contributed by atoms with Gasteiger partial charge >= 0.3 is 5.97 Å². The van der Waals surface area contributed by atoms with Crippen LogP contribution in [0.4, 0.5) is 0 Å². The number of aliphatic hydroxyl groups is 1. The predicted octanol–water partition coefficient (Wildman–Crippen LogP) is 1.87. The van der Waals surface area contributed by atoms with Crippen molar-refractivity contribution >= 4 is 17.8 Å². The zero-order chi connectivity index (χ0) is 28.7. The molecular formula is C28H42N2O9. The molecule has 218 valence electrons. The minimum Gasteiger partial charge on any atom is -0.459 e. The highest BCUT2D eigenvalue weighted by molar-refractivity contribution is 5.87. The van der Waals surface area contributed by atoms with E-state index in [1.165, 1.54) is 13.0 Å². The molecule has 0 aromatic carbocycles. The highest BCUT2D eigenvalue weighted by Gasteiger charge is 2.58. The number of rotatable bonds is 10. The summed E-state index contributed by atoms with van der Waals surface area (Å²) in [6.45, 7) is 9.41. The Morgan fingerprint density at radius 1 is 1.18 bits per heavy atom. The monoisotopic (exact) mass is 550 g/mol. The summed E-state index contributed by atoms with van der Waals surface area (Å²) in [7, 11) is 0. The van der Waals surface area contributed by atoms with Crippen LogP contribution in [-0.2, 0) is 33.3 Å². The molecule has 9 atom stereocenters. The Hall–Kier alpha value is -2.57. The zero-order valence-corrected chi connectivity index (χ0v) is 23.3. The first-order chi connectivity index (χ1) is 18.4. The molecule has 1 spiro atoms. The first kappa shape index (κ1) is 31.0. The van der Waals surface area contributed by atoms with Crippen molar-refractivity contribution in [3.05, 3.63) is 36.0 Å². The second kappa shape index (κ2) is 13.7. The minimum atomic E-state index is -0.843. The zero-order valence-electron chi connectivity index (χ0n) is 23.3. The van der Waals surface area contributed by atoms with E-state index in [9.17, 15) is 19.5 Å². The molecule has 0 aliphatic carbocycles. The molecule has 3 rings (SSSR count). The number of hydroxylamine groups is 1. The summed E-state index contributed by atoms with van der Waals surface area (Å²) in [5.74, 6) is -1.00. The van der Waals surface area contributed by atoms with Crippen LogP contribution in [0.1, 0.15) is 60.3 Å². The summed E-state index contributed by atoms with van der Waals surface area (Å²) in [5, 5.41) is 22.5. The van der Waals surface area contributed by atoms with Crippen molar-refractivity contribution in [2.24, 2.45) is 5.92 Å². The molecule has 0 aromatic rings. The maximum Gasteiger partial charge on any atom is 0.303 e. The van der Waals surface area contributed by atoms with E-state index in [4.69, 9.17) is 24.2 Å². The predicted molar refractivity (Wildman–Crippen MR) is 140 cm³/mol. The number of amides is 2. The number of esters is 1. The topological polar surface area (TPSA) is 156 Å². The van der Waals surface area contributed by atoms with E-state index in [2.05, 4.69) is 18.3 Å². The van der Waals surface area contributed by atoms with Crippen molar-refractivity contribution in [3.8, 4) is 0 Å². The lowest BCUT2D eigenvalue weighted by Crippen LogP contribution is -2.50. The Balaban J connectivity index is 1.50. The molecule has 3 aliphatic heterocycles. The van der Waals surface area contributed by atoms with Gasteiger partial charge in [0.2, 0.25) is 11.8 Å². The van der Waals surface area contributed by atoms with Crippen molar-refractivity contribution in [1.29, 1.82) is 0 Å². The number of aliphatic hydroxyl groups excluding tert-OH is 1. The van der Waals surface area contributed by atoms with Crippen LogP contribution in [0, 0.1) is 5.92 Å². The van der Waals surface area contributed by atoms with Crippen LogP contribution in [-0.4, -0.2) is 83.0 Å². The van der Waals surface area contributed by atoms with Crippen molar-refractivity contribution in [3.63, 3.8) is 0 Å². The van der Waals surface area contributed by atoms with Crippen molar-refractivity contribution in [1.82, 2.24) is 10.8 Å². The van der Waals surface area contributed by atoms with E-state index in [0.717, 1.165) is 12.0 Å². The van der Waals surface area contributed by atoms with Crippen LogP contribution in [0.2, 0.25) is 0 Å². The van der Waals surface area contributed by atoms with E-state index in [1.54, 1.807) is 24.6 Å². The molecular weight excluding hydrogens is 508 g/mol. The Morgan fingerprint density at radius 3 is 2.54 bits per heavy atom. The first-order valence-electron chi connectivity index (χ1n) is 13.5. The minimum absolute atomic E-state index is 0.0166. The number of hydrogen-bond donors (Lipinski definition) is 4. The summed E-state index contributed by atoms with van der Waals surface area (Å²) in [6.07, 6.45) is 7.83. The highest BCUT2D eigenvalue weighted by atomic mass is 16.6. The lowest BCUT2D eigenvalue weighted by molar-refractivity contribution is -0.149. The Morgan fingerprint density at radius 2 is 1.90 bits per heavy atom. The van der Waals surface area contributed by atoms with Crippen LogP contribution in [0.15, 0.2) is 36.0 Å². The van der Waals surface area contributed by atoms with Gasteiger partial charge in [0.25, 0.3) is 0 Å². The smallest absolute Gasteiger partial charge is 0.303 e. The van der Waals surface area contributed by atoms with Gasteiger partial charge in [-0.1, -0.05) is 30.7 Å². The van der Waals surface area contributed by atoms with Crippen LogP contribution in [0.25, 0.3) is 0 Å². The molecule has 11 nitrogen and oxygen atoms in total. The molecule has 3 saturated heterocycles. The normalized spacial score (nSPS) is 35.7. The van der Waals surface area contributed by atoms with Crippen LogP contribution >= 0.6 is 0 Å². The summed E-state index contributed by atoms with van der Waals surface area (Å²) in [6, 6.07) is -0.134. The Kier molecular flexibility index (Phi) is 10.9. The van der Waals surface area contributed by atoms with E-state index in [1.807, 2.05) is 19.9 Å². The van der Waals surface area contributed by atoms with Gasteiger partial charge in [-0.25, -0.2) is 5.48 Å². The molecule has 0 bridgehead atoms. The second-order valence-corrected chi connectivity index (χ2v) is 10.9. The highest BCUT2D eigenvalue weighted by Crippen LogP contribution is 2.43. The first-order valence-corrected chi connectivity index (χ1v) is 13.5. The SMILES string of the molecule is CC(=O)O[C@@H](C)C=CC(=O)N[C@@H]1C[C@H](C)[C@H](CC=C(C)C=C[C@H]2O[C@H](CC(=O)NO)C[C@@]3(CO3)[C@@H]2O)O[C@@H]1C.